The van der Waals surface area contributed by atoms with Crippen LogP contribution in [0.2, 0.25) is 0 Å². The summed E-state index contributed by atoms with van der Waals surface area (Å²) >= 11 is 0. The second-order valence-corrected chi connectivity index (χ2v) is 3.88. The summed E-state index contributed by atoms with van der Waals surface area (Å²) < 4.78 is 0. The fraction of sp³-hybridized carbons (Fsp3) is 0.385. The molecule has 0 amide bonds. The highest BCUT2D eigenvalue weighted by molar-refractivity contribution is 5.68. The average Bonchev–Trinajstić information content (AvgIpc) is 2.18. The van der Waals surface area contributed by atoms with Crippen molar-refractivity contribution in [2.75, 3.05) is 0 Å². The molecule has 68 valence electrons. The topological polar surface area (TPSA) is 0 Å². The Bertz CT molecular complexity index is 334. The highest BCUT2D eigenvalue weighted by Gasteiger charge is 2.14. The van der Waals surface area contributed by atoms with Crippen LogP contribution in [-0.2, 0) is 6.42 Å². The van der Waals surface area contributed by atoms with Gasteiger partial charge in [0.1, 0.15) is 0 Å². The van der Waals surface area contributed by atoms with Crippen LogP contribution in [0.4, 0.5) is 0 Å². The third-order valence-corrected chi connectivity index (χ3v) is 2.93. The molecule has 0 heteroatoms. The standard InChI is InChI=1S/C13H16/c1-3-11-8-10(2)13-7-5-4-6-12(13)9-11/h4-8,11H,3,9H2,1-2H3. The van der Waals surface area contributed by atoms with Crippen molar-refractivity contribution < 1.29 is 0 Å². The molecule has 13 heavy (non-hydrogen) atoms. The number of benzene rings is 1. The Labute approximate surface area is 80.3 Å². The molecule has 0 radical (unpaired) electrons. The zero-order valence-electron chi connectivity index (χ0n) is 8.38. The molecule has 2 rings (SSSR count). The molecule has 0 fully saturated rings. The largest absolute Gasteiger partial charge is 0.0776 e. The first-order chi connectivity index (χ1) is 6.31. The molecule has 1 aromatic carbocycles. The molecule has 0 N–H and O–H groups in total. The van der Waals surface area contributed by atoms with E-state index in [1.54, 1.807) is 0 Å². The van der Waals surface area contributed by atoms with Crippen molar-refractivity contribution in [2.24, 2.45) is 5.92 Å². The summed E-state index contributed by atoms with van der Waals surface area (Å²) in [5.74, 6) is 0.759. The molecular formula is C13H16. The monoisotopic (exact) mass is 172 g/mol. The lowest BCUT2D eigenvalue weighted by atomic mass is 9.84. The molecule has 0 aromatic heterocycles. The van der Waals surface area contributed by atoms with Gasteiger partial charge in [-0.1, -0.05) is 37.3 Å². The highest BCUT2D eigenvalue weighted by Crippen LogP contribution is 2.29. The molecule has 0 saturated carbocycles. The third kappa shape index (κ3) is 1.53. The molecule has 1 unspecified atom stereocenters. The first-order valence-electron chi connectivity index (χ1n) is 5.08. The predicted molar refractivity (Wildman–Crippen MR) is 57.6 cm³/mol. The Morgan fingerprint density at radius 3 is 2.85 bits per heavy atom. The van der Waals surface area contributed by atoms with Crippen LogP contribution < -0.4 is 0 Å². The second kappa shape index (κ2) is 3.37. The van der Waals surface area contributed by atoms with Gasteiger partial charge in [-0.25, -0.2) is 0 Å². The van der Waals surface area contributed by atoms with Crippen molar-refractivity contribution in [3.63, 3.8) is 0 Å². The summed E-state index contributed by atoms with van der Waals surface area (Å²) in [5, 5.41) is 0. The van der Waals surface area contributed by atoms with Crippen LogP contribution in [0.1, 0.15) is 31.4 Å². The maximum Gasteiger partial charge on any atom is -0.0189 e. The second-order valence-electron chi connectivity index (χ2n) is 3.88. The van der Waals surface area contributed by atoms with Crippen molar-refractivity contribution in [3.8, 4) is 0 Å². The van der Waals surface area contributed by atoms with Gasteiger partial charge in [0.2, 0.25) is 0 Å². The van der Waals surface area contributed by atoms with Crippen molar-refractivity contribution in [3.05, 3.63) is 41.5 Å². The van der Waals surface area contributed by atoms with E-state index in [9.17, 15) is 0 Å². The number of hydrogen-bond acceptors (Lipinski definition) is 0. The van der Waals surface area contributed by atoms with Crippen LogP contribution in [0, 0.1) is 5.92 Å². The van der Waals surface area contributed by atoms with Gasteiger partial charge in [-0.05, 0) is 42.4 Å². The highest BCUT2D eigenvalue weighted by atomic mass is 14.2. The van der Waals surface area contributed by atoms with Gasteiger partial charge in [0, 0.05) is 0 Å². The van der Waals surface area contributed by atoms with Gasteiger partial charge in [-0.2, -0.15) is 0 Å². The Hall–Kier alpha value is -1.04. The van der Waals surface area contributed by atoms with Gasteiger partial charge in [0.25, 0.3) is 0 Å². The van der Waals surface area contributed by atoms with Crippen LogP contribution >= 0.6 is 0 Å². The van der Waals surface area contributed by atoms with Crippen molar-refractivity contribution in [2.45, 2.75) is 26.7 Å². The Morgan fingerprint density at radius 1 is 1.31 bits per heavy atom. The molecule has 1 atom stereocenters. The van der Waals surface area contributed by atoms with Gasteiger partial charge in [0.05, 0.1) is 0 Å². The molecule has 1 aromatic rings. The van der Waals surface area contributed by atoms with E-state index in [4.69, 9.17) is 0 Å². The summed E-state index contributed by atoms with van der Waals surface area (Å²) in [5.41, 5.74) is 4.43. The maximum absolute atomic E-state index is 2.42. The smallest absolute Gasteiger partial charge is 0.0189 e. The minimum Gasteiger partial charge on any atom is -0.0776 e. The van der Waals surface area contributed by atoms with Gasteiger partial charge in [0.15, 0.2) is 0 Å². The summed E-state index contributed by atoms with van der Waals surface area (Å²) in [4.78, 5) is 0. The number of allylic oxidation sites excluding steroid dienone is 2. The van der Waals surface area contributed by atoms with Gasteiger partial charge in [-0.15, -0.1) is 0 Å². The minimum absolute atomic E-state index is 0.759. The molecular weight excluding hydrogens is 156 g/mol. The quantitative estimate of drug-likeness (QED) is 0.606. The van der Waals surface area contributed by atoms with E-state index in [1.807, 2.05) is 0 Å². The summed E-state index contributed by atoms with van der Waals surface area (Å²) in [7, 11) is 0. The van der Waals surface area contributed by atoms with Crippen LogP contribution in [0.15, 0.2) is 30.3 Å². The zero-order chi connectivity index (χ0) is 9.26. The minimum atomic E-state index is 0.759. The van der Waals surface area contributed by atoms with Crippen LogP contribution in [0.25, 0.3) is 5.57 Å². The van der Waals surface area contributed by atoms with E-state index in [1.165, 1.54) is 29.5 Å². The molecule has 0 aliphatic heterocycles. The van der Waals surface area contributed by atoms with Gasteiger partial charge in [-0.3, -0.25) is 0 Å². The van der Waals surface area contributed by atoms with E-state index in [0.717, 1.165) is 5.92 Å². The van der Waals surface area contributed by atoms with E-state index in [0.29, 0.717) is 0 Å². The maximum atomic E-state index is 2.42. The van der Waals surface area contributed by atoms with E-state index in [-0.39, 0.29) is 0 Å². The van der Waals surface area contributed by atoms with E-state index >= 15 is 0 Å². The zero-order valence-corrected chi connectivity index (χ0v) is 8.38. The van der Waals surface area contributed by atoms with E-state index < -0.39 is 0 Å². The van der Waals surface area contributed by atoms with Gasteiger partial charge >= 0.3 is 0 Å². The summed E-state index contributed by atoms with van der Waals surface area (Å²) in [6, 6.07) is 8.76. The Morgan fingerprint density at radius 2 is 2.08 bits per heavy atom. The number of rotatable bonds is 1. The molecule has 1 aliphatic rings. The Balaban J connectivity index is 2.42. The molecule has 0 bridgehead atoms. The third-order valence-electron chi connectivity index (χ3n) is 2.93. The normalized spacial score (nSPS) is 20.8. The first kappa shape index (κ1) is 8.55. The number of fused-ring (bicyclic) bond motifs is 1. The molecule has 0 saturated heterocycles. The summed E-state index contributed by atoms with van der Waals surface area (Å²) in [6.45, 7) is 4.49. The molecule has 0 nitrogen and oxygen atoms in total. The predicted octanol–water partition coefficient (Wildman–Crippen LogP) is 3.67. The van der Waals surface area contributed by atoms with Crippen molar-refractivity contribution >= 4 is 5.57 Å². The van der Waals surface area contributed by atoms with Crippen molar-refractivity contribution in [1.82, 2.24) is 0 Å². The number of hydrogen-bond donors (Lipinski definition) is 0. The Kier molecular flexibility index (Phi) is 2.22. The fourth-order valence-corrected chi connectivity index (χ4v) is 2.13. The molecule has 1 aliphatic carbocycles. The first-order valence-corrected chi connectivity index (χ1v) is 5.08. The summed E-state index contributed by atoms with van der Waals surface area (Å²) in [6.07, 6.45) is 4.90. The van der Waals surface area contributed by atoms with Gasteiger partial charge < -0.3 is 0 Å². The average molecular weight is 172 g/mol. The molecule has 0 heterocycles. The lowest BCUT2D eigenvalue weighted by molar-refractivity contribution is 0.617. The van der Waals surface area contributed by atoms with Crippen LogP contribution in [0.3, 0.4) is 0 Å². The lowest BCUT2D eigenvalue weighted by Gasteiger charge is -2.21. The van der Waals surface area contributed by atoms with Crippen LogP contribution in [0.5, 0.6) is 0 Å². The van der Waals surface area contributed by atoms with Crippen molar-refractivity contribution in [1.29, 1.82) is 0 Å². The fourth-order valence-electron chi connectivity index (χ4n) is 2.13. The SMILES string of the molecule is CCC1C=C(C)c2ccccc2C1. The lowest BCUT2D eigenvalue weighted by Crippen LogP contribution is -2.07. The van der Waals surface area contributed by atoms with E-state index in [2.05, 4.69) is 44.2 Å². The molecule has 0 spiro atoms. The van der Waals surface area contributed by atoms with Crippen LogP contribution in [-0.4, -0.2) is 0 Å².